The number of nitrogens with zero attached hydrogens (tertiary/aromatic N) is 1. The Morgan fingerprint density at radius 3 is 2.92 bits per heavy atom. The quantitative estimate of drug-likeness (QED) is 0.841. The van der Waals surface area contributed by atoms with Gasteiger partial charge in [-0.3, -0.25) is 0 Å². The maximum Gasteiger partial charge on any atom is 0.165 e. The third-order valence-corrected chi connectivity index (χ3v) is 7.20. The van der Waals surface area contributed by atoms with Gasteiger partial charge < -0.3 is 14.4 Å². The summed E-state index contributed by atoms with van der Waals surface area (Å²) in [4.78, 5) is 2.75. The van der Waals surface area contributed by atoms with Crippen molar-refractivity contribution in [2.45, 2.75) is 50.5 Å². The van der Waals surface area contributed by atoms with Gasteiger partial charge in [0.15, 0.2) is 11.5 Å². The lowest BCUT2D eigenvalue weighted by Crippen LogP contribution is -2.59. The topological polar surface area (TPSA) is 21.7 Å². The summed E-state index contributed by atoms with van der Waals surface area (Å²) in [5.74, 6) is 4.32. The second kappa shape index (κ2) is 5.39. The van der Waals surface area contributed by atoms with Crippen LogP contribution in [0.15, 0.2) is 18.2 Å². The van der Waals surface area contributed by atoms with Gasteiger partial charge in [-0.05, 0) is 62.5 Å². The number of rotatable bonds is 3. The van der Waals surface area contributed by atoms with Crippen LogP contribution in [-0.4, -0.2) is 37.7 Å². The smallest absolute Gasteiger partial charge is 0.165 e. The van der Waals surface area contributed by atoms with Crippen LogP contribution in [0.5, 0.6) is 11.5 Å². The van der Waals surface area contributed by atoms with Gasteiger partial charge in [-0.1, -0.05) is 19.1 Å². The summed E-state index contributed by atoms with van der Waals surface area (Å²) < 4.78 is 12.2. The van der Waals surface area contributed by atoms with E-state index in [4.69, 9.17) is 9.47 Å². The number of hydrogen-bond acceptors (Lipinski definition) is 3. The minimum absolute atomic E-state index is 0.224. The molecular weight excluding hydrogens is 298 g/mol. The first-order chi connectivity index (χ1) is 11.7. The Hall–Kier alpha value is -1.22. The molecule has 130 valence electrons. The van der Waals surface area contributed by atoms with Crippen LogP contribution < -0.4 is 9.47 Å². The van der Waals surface area contributed by atoms with Gasteiger partial charge in [0.1, 0.15) is 6.10 Å². The molecule has 4 atom stereocenters. The molecule has 1 aromatic rings. The zero-order valence-electron chi connectivity index (χ0n) is 15.0. The van der Waals surface area contributed by atoms with Gasteiger partial charge in [0.25, 0.3) is 0 Å². The number of para-hydroxylation sites is 1. The molecule has 3 heteroatoms. The zero-order valence-corrected chi connectivity index (χ0v) is 15.0. The number of methoxy groups -OCH3 is 1. The summed E-state index contributed by atoms with van der Waals surface area (Å²) in [6.07, 6.45) is 7.14. The lowest BCUT2D eigenvalue weighted by Gasteiger charge is -2.53. The molecule has 3 nitrogen and oxygen atoms in total. The predicted molar refractivity (Wildman–Crippen MR) is 94.8 cm³/mol. The lowest BCUT2D eigenvalue weighted by molar-refractivity contribution is -0.0358. The molecule has 1 spiro atoms. The normalized spacial score (nSPS) is 38.0. The second-order valence-corrected chi connectivity index (χ2v) is 8.62. The fourth-order valence-corrected chi connectivity index (χ4v) is 5.81. The Labute approximate surface area is 145 Å². The molecule has 5 rings (SSSR count). The Kier molecular flexibility index (Phi) is 3.38. The Bertz CT molecular complexity index is 641. The molecule has 2 heterocycles. The third kappa shape index (κ3) is 2.06. The first kappa shape index (κ1) is 15.1. The van der Waals surface area contributed by atoms with E-state index in [2.05, 4.69) is 30.0 Å². The predicted octanol–water partition coefficient (Wildman–Crippen LogP) is 3.86. The summed E-state index contributed by atoms with van der Waals surface area (Å²) in [6, 6.07) is 6.53. The highest BCUT2D eigenvalue weighted by molar-refractivity contribution is 5.55. The van der Waals surface area contributed by atoms with Crippen molar-refractivity contribution in [3.05, 3.63) is 23.8 Å². The molecule has 2 aliphatic carbocycles. The highest BCUT2D eigenvalue weighted by atomic mass is 16.5. The maximum absolute atomic E-state index is 6.59. The zero-order chi connectivity index (χ0) is 16.3. The van der Waals surface area contributed by atoms with E-state index in [-0.39, 0.29) is 5.41 Å². The molecule has 4 aliphatic rings. The highest BCUT2D eigenvalue weighted by Gasteiger charge is 2.59. The first-order valence-electron chi connectivity index (χ1n) is 9.79. The second-order valence-electron chi connectivity index (χ2n) is 8.62. The van der Waals surface area contributed by atoms with Crippen molar-refractivity contribution >= 4 is 0 Å². The van der Waals surface area contributed by atoms with Crippen LogP contribution in [0, 0.1) is 17.8 Å². The van der Waals surface area contributed by atoms with Crippen LogP contribution in [0.1, 0.15) is 44.6 Å². The molecule has 24 heavy (non-hydrogen) atoms. The Morgan fingerprint density at radius 2 is 2.12 bits per heavy atom. The summed E-state index contributed by atoms with van der Waals surface area (Å²) in [7, 11) is 1.76. The van der Waals surface area contributed by atoms with Gasteiger partial charge in [-0.15, -0.1) is 0 Å². The van der Waals surface area contributed by atoms with E-state index in [0.29, 0.717) is 12.0 Å². The van der Waals surface area contributed by atoms with E-state index < -0.39 is 0 Å². The number of hydrogen-bond donors (Lipinski definition) is 0. The van der Waals surface area contributed by atoms with Crippen LogP contribution in [0.3, 0.4) is 0 Å². The van der Waals surface area contributed by atoms with Gasteiger partial charge in [-0.25, -0.2) is 0 Å². The van der Waals surface area contributed by atoms with Crippen molar-refractivity contribution in [2.75, 3.05) is 26.7 Å². The number of likely N-dealkylation sites (tertiary alicyclic amines) is 1. The molecule has 3 fully saturated rings. The summed E-state index contributed by atoms with van der Waals surface area (Å²) in [5.41, 5.74) is 1.66. The lowest BCUT2D eigenvalue weighted by atomic mass is 9.56. The van der Waals surface area contributed by atoms with Crippen molar-refractivity contribution in [1.82, 2.24) is 4.90 Å². The molecule has 1 aromatic carbocycles. The fraction of sp³-hybridized carbons (Fsp3) is 0.714. The monoisotopic (exact) mass is 327 g/mol. The molecule has 0 amide bonds. The molecule has 0 N–H and O–H groups in total. The Morgan fingerprint density at radius 1 is 1.25 bits per heavy atom. The number of ether oxygens (including phenoxy) is 2. The van der Waals surface area contributed by atoms with E-state index in [1.807, 2.05) is 0 Å². The van der Waals surface area contributed by atoms with Crippen molar-refractivity contribution in [3.63, 3.8) is 0 Å². The number of piperidine rings is 1. The van der Waals surface area contributed by atoms with E-state index in [1.165, 1.54) is 57.3 Å². The Balaban J connectivity index is 1.53. The first-order valence-corrected chi connectivity index (χ1v) is 9.79. The summed E-state index contributed by atoms with van der Waals surface area (Å²) in [5, 5.41) is 0. The fourth-order valence-electron chi connectivity index (χ4n) is 5.81. The minimum atomic E-state index is 0.224. The molecule has 2 saturated carbocycles. The third-order valence-electron chi connectivity index (χ3n) is 7.20. The molecule has 4 unspecified atom stereocenters. The van der Waals surface area contributed by atoms with Crippen LogP contribution in [0.4, 0.5) is 0 Å². The van der Waals surface area contributed by atoms with Crippen molar-refractivity contribution in [3.8, 4) is 11.5 Å². The summed E-state index contributed by atoms with van der Waals surface area (Å²) >= 11 is 0. The van der Waals surface area contributed by atoms with Crippen LogP contribution in [0.2, 0.25) is 0 Å². The van der Waals surface area contributed by atoms with Gasteiger partial charge in [0, 0.05) is 24.1 Å². The van der Waals surface area contributed by atoms with Crippen LogP contribution in [0.25, 0.3) is 0 Å². The molecule has 1 saturated heterocycles. The van der Waals surface area contributed by atoms with Crippen molar-refractivity contribution in [1.29, 1.82) is 0 Å². The van der Waals surface area contributed by atoms with E-state index in [1.54, 1.807) is 7.11 Å². The summed E-state index contributed by atoms with van der Waals surface area (Å²) in [6.45, 7) is 6.21. The molecule has 0 radical (unpaired) electrons. The van der Waals surface area contributed by atoms with E-state index in [9.17, 15) is 0 Å². The maximum atomic E-state index is 6.59. The van der Waals surface area contributed by atoms with Crippen LogP contribution >= 0.6 is 0 Å². The standard InChI is InChI=1S/C21H29NO2/c1-14-6-9-16-13-22(12-15-7-8-15)11-10-21(16)17-4-3-5-18(23-2)19(17)24-20(14)21/h3-5,14-16,20H,6-13H2,1-2H3. The molecule has 0 aromatic heterocycles. The van der Waals surface area contributed by atoms with Crippen LogP contribution in [-0.2, 0) is 5.41 Å². The van der Waals surface area contributed by atoms with Crippen molar-refractivity contribution in [2.24, 2.45) is 17.8 Å². The average molecular weight is 327 g/mol. The van der Waals surface area contributed by atoms with Gasteiger partial charge in [0.05, 0.1) is 7.11 Å². The van der Waals surface area contributed by atoms with Gasteiger partial charge >= 0.3 is 0 Å². The SMILES string of the molecule is COc1cccc2c1OC1C(C)CCC3CN(CC4CC4)CCC231. The van der Waals surface area contributed by atoms with Crippen molar-refractivity contribution < 1.29 is 9.47 Å². The largest absolute Gasteiger partial charge is 0.493 e. The van der Waals surface area contributed by atoms with E-state index >= 15 is 0 Å². The van der Waals surface area contributed by atoms with Gasteiger partial charge in [0.2, 0.25) is 0 Å². The van der Waals surface area contributed by atoms with E-state index in [0.717, 1.165) is 23.3 Å². The average Bonchev–Trinajstić information content (AvgIpc) is 3.35. The molecule has 2 aliphatic heterocycles. The molecular formula is C21H29NO2. The molecule has 0 bridgehead atoms. The number of benzene rings is 1. The van der Waals surface area contributed by atoms with Gasteiger partial charge in [-0.2, -0.15) is 0 Å². The minimum Gasteiger partial charge on any atom is -0.493 e. The highest BCUT2D eigenvalue weighted by Crippen LogP contribution is 2.60. The number of fused-ring (bicyclic) bond motifs is 1.